The standard InChI is InChI=1S/C15H17ClN2O2/c1-3-18-10-11(7-8-15(18)19)17-9-12-13(16)5-4-6-14(12)20-2/h4-8,10,17H,3,9H2,1-2H3. The molecule has 1 N–H and O–H groups in total. The van der Waals surface area contributed by atoms with Crippen LogP contribution in [0.5, 0.6) is 5.75 Å². The predicted octanol–water partition coefficient (Wildman–Crippen LogP) is 3.14. The summed E-state index contributed by atoms with van der Waals surface area (Å²) in [5, 5.41) is 3.91. The molecule has 0 atom stereocenters. The lowest BCUT2D eigenvalue weighted by Crippen LogP contribution is -2.17. The molecule has 4 nitrogen and oxygen atoms in total. The van der Waals surface area contributed by atoms with Crippen molar-refractivity contribution in [3.8, 4) is 5.75 Å². The van der Waals surface area contributed by atoms with Gasteiger partial charge in [0.25, 0.3) is 5.56 Å². The second kappa shape index (κ2) is 6.48. The van der Waals surface area contributed by atoms with Gasteiger partial charge in [0.2, 0.25) is 0 Å². The predicted molar refractivity (Wildman–Crippen MR) is 81.7 cm³/mol. The molecule has 0 saturated heterocycles. The van der Waals surface area contributed by atoms with Crippen LogP contribution in [0.1, 0.15) is 12.5 Å². The van der Waals surface area contributed by atoms with Crippen LogP contribution in [0.4, 0.5) is 5.69 Å². The Bertz CT molecular complexity index is 653. The molecule has 0 fully saturated rings. The van der Waals surface area contributed by atoms with Crippen molar-refractivity contribution in [1.29, 1.82) is 0 Å². The summed E-state index contributed by atoms with van der Waals surface area (Å²) in [5.74, 6) is 0.744. The molecule has 0 saturated carbocycles. The van der Waals surface area contributed by atoms with E-state index in [9.17, 15) is 4.79 Å². The maximum Gasteiger partial charge on any atom is 0.250 e. The Hall–Kier alpha value is -1.94. The molecule has 0 aliphatic heterocycles. The molecule has 0 aliphatic rings. The summed E-state index contributed by atoms with van der Waals surface area (Å²) in [5.41, 5.74) is 1.76. The molecule has 0 spiro atoms. The van der Waals surface area contributed by atoms with Crippen LogP contribution in [0.25, 0.3) is 0 Å². The van der Waals surface area contributed by atoms with Gasteiger partial charge >= 0.3 is 0 Å². The van der Waals surface area contributed by atoms with E-state index in [4.69, 9.17) is 16.3 Å². The van der Waals surface area contributed by atoms with E-state index in [1.807, 2.05) is 25.1 Å². The van der Waals surface area contributed by atoms with Crippen molar-refractivity contribution in [2.24, 2.45) is 0 Å². The lowest BCUT2D eigenvalue weighted by Gasteiger charge is -2.13. The van der Waals surface area contributed by atoms with E-state index < -0.39 is 0 Å². The number of nitrogens with zero attached hydrogens (tertiary/aromatic N) is 1. The highest BCUT2D eigenvalue weighted by Crippen LogP contribution is 2.26. The monoisotopic (exact) mass is 292 g/mol. The Labute approximate surface area is 123 Å². The van der Waals surface area contributed by atoms with Crippen LogP contribution in [-0.2, 0) is 13.1 Å². The number of aryl methyl sites for hydroxylation is 1. The van der Waals surface area contributed by atoms with E-state index in [1.54, 1.807) is 30.0 Å². The molecule has 2 aromatic rings. The maximum atomic E-state index is 11.5. The molecule has 1 heterocycles. The zero-order valence-electron chi connectivity index (χ0n) is 11.5. The fourth-order valence-corrected chi connectivity index (χ4v) is 2.21. The maximum absolute atomic E-state index is 11.5. The lowest BCUT2D eigenvalue weighted by atomic mass is 10.2. The number of pyridine rings is 1. The van der Waals surface area contributed by atoms with E-state index in [0.29, 0.717) is 18.1 Å². The molecule has 20 heavy (non-hydrogen) atoms. The minimum absolute atomic E-state index is 0.00614. The smallest absolute Gasteiger partial charge is 0.250 e. The third kappa shape index (κ3) is 3.14. The van der Waals surface area contributed by atoms with Gasteiger partial charge in [0, 0.05) is 35.9 Å². The summed E-state index contributed by atoms with van der Waals surface area (Å²) in [7, 11) is 1.62. The summed E-state index contributed by atoms with van der Waals surface area (Å²) in [6.45, 7) is 3.11. The van der Waals surface area contributed by atoms with Crippen molar-refractivity contribution in [2.45, 2.75) is 20.0 Å². The third-order valence-electron chi connectivity index (χ3n) is 3.09. The molecular weight excluding hydrogens is 276 g/mol. The van der Waals surface area contributed by atoms with Crippen LogP contribution >= 0.6 is 11.6 Å². The molecule has 0 amide bonds. The van der Waals surface area contributed by atoms with Crippen LogP contribution in [-0.4, -0.2) is 11.7 Å². The van der Waals surface area contributed by atoms with Gasteiger partial charge in [-0.25, -0.2) is 0 Å². The van der Waals surface area contributed by atoms with E-state index in [1.165, 1.54) is 0 Å². The Morgan fingerprint density at radius 1 is 1.30 bits per heavy atom. The Morgan fingerprint density at radius 3 is 2.80 bits per heavy atom. The highest BCUT2D eigenvalue weighted by Gasteiger charge is 2.07. The zero-order valence-corrected chi connectivity index (χ0v) is 12.3. The number of anilines is 1. The highest BCUT2D eigenvalue weighted by atomic mass is 35.5. The number of hydrogen-bond acceptors (Lipinski definition) is 3. The van der Waals surface area contributed by atoms with E-state index >= 15 is 0 Å². The molecule has 1 aromatic carbocycles. The average Bonchev–Trinajstić information content (AvgIpc) is 2.47. The van der Waals surface area contributed by atoms with Gasteiger partial charge in [-0.3, -0.25) is 4.79 Å². The fraction of sp³-hybridized carbons (Fsp3) is 0.267. The molecule has 0 bridgehead atoms. The Balaban J connectivity index is 2.19. The fourth-order valence-electron chi connectivity index (χ4n) is 1.98. The van der Waals surface area contributed by atoms with Crippen molar-refractivity contribution in [2.75, 3.05) is 12.4 Å². The highest BCUT2D eigenvalue weighted by molar-refractivity contribution is 6.31. The summed E-state index contributed by atoms with van der Waals surface area (Å²) in [6.07, 6.45) is 1.80. The molecule has 0 unspecified atom stereocenters. The second-order valence-electron chi connectivity index (χ2n) is 4.32. The van der Waals surface area contributed by atoms with Gasteiger partial charge in [-0.05, 0) is 25.1 Å². The summed E-state index contributed by atoms with van der Waals surface area (Å²) in [4.78, 5) is 11.5. The average molecular weight is 293 g/mol. The first kappa shape index (κ1) is 14.5. The van der Waals surface area contributed by atoms with Gasteiger partial charge in [-0.2, -0.15) is 0 Å². The number of hydrogen-bond donors (Lipinski definition) is 1. The second-order valence-corrected chi connectivity index (χ2v) is 4.72. The summed E-state index contributed by atoms with van der Waals surface area (Å²) >= 11 is 6.18. The van der Waals surface area contributed by atoms with Gasteiger partial charge in [-0.1, -0.05) is 17.7 Å². The third-order valence-corrected chi connectivity index (χ3v) is 3.44. The van der Waals surface area contributed by atoms with Gasteiger partial charge in [0.15, 0.2) is 0 Å². The van der Waals surface area contributed by atoms with Gasteiger partial charge in [-0.15, -0.1) is 0 Å². The molecule has 106 valence electrons. The number of ether oxygens (including phenoxy) is 1. The van der Waals surface area contributed by atoms with E-state index in [0.717, 1.165) is 17.0 Å². The van der Waals surface area contributed by atoms with E-state index in [2.05, 4.69) is 5.32 Å². The van der Waals surface area contributed by atoms with E-state index in [-0.39, 0.29) is 5.56 Å². The van der Waals surface area contributed by atoms with Crippen LogP contribution < -0.4 is 15.6 Å². The molecule has 2 rings (SSSR count). The van der Waals surface area contributed by atoms with Gasteiger partial charge in [0.05, 0.1) is 12.8 Å². The van der Waals surface area contributed by atoms with Crippen LogP contribution in [0.3, 0.4) is 0 Å². The normalized spacial score (nSPS) is 10.3. The van der Waals surface area contributed by atoms with Crippen molar-refractivity contribution >= 4 is 17.3 Å². The minimum Gasteiger partial charge on any atom is -0.496 e. The topological polar surface area (TPSA) is 43.3 Å². The van der Waals surface area contributed by atoms with Gasteiger partial charge in [0.1, 0.15) is 5.75 Å². The van der Waals surface area contributed by atoms with Crippen LogP contribution in [0.2, 0.25) is 5.02 Å². The van der Waals surface area contributed by atoms with Crippen molar-refractivity contribution < 1.29 is 4.74 Å². The van der Waals surface area contributed by atoms with Crippen molar-refractivity contribution in [3.63, 3.8) is 0 Å². The Kier molecular flexibility index (Phi) is 4.69. The first-order chi connectivity index (χ1) is 9.65. The number of halogens is 1. The molecule has 0 aliphatic carbocycles. The quantitative estimate of drug-likeness (QED) is 0.920. The van der Waals surface area contributed by atoms with Crippen molar-refractivity contribution in [1.82, 2.24) is 4.57 Å². The number of aromatic nitrogens is 1. The number of methoxy groups -OCH3 is 1. The Morgan fingerprint density at radius 2 is 2.10 bits per heavy atom. The number of benzene rings is 1. The van der Waals surface area contributed by atoms with Crippen LogP contribution in [0, 0.1) is 0 Å². The van der Waals surface area contributed by atoms with Crippen molar-refractivity contribution in [3.05, 3.63) is 57.5 Å². The number of nitrogens with one attached hydrogen (secondary N) is 1. The minimum atomic E-state index is -0.00614. The zero-order chi connectivity index (χ0) is 14.5. The largest absolute Gasteiger partial charge is 0.496 e. The molecule has 1 aromatic heterocycles. The molecular formula is C15H17ClN2O2. The summed E-state index contributed by atoms with van der Waals surface area (Å²) < 4.78 is 6.94. The van der Waals surface area contributed by atoms with Crippen LogP contribution in [0.15, 0.2) is 41.3 Å². The first-order valence-corrected chi connectivity index (χ1v) is 6.79. The SMILES string of the molecule is CCn1cc(NCc2c(Cl)cccc2OC)ccc1=O. The van der Waals surface area contributed by atoms with Gasteiger partial charge < -0.3 is 14.6 Å². The number of rotatable bonds is 5. The lowest BCUT2D eigenvalue weighted by molar-refractivity contribution is 0.410. The summed E-state index contributed by atoms with van der Waals surface area (Å²) in [6, 6.07) is 8.86. The first-order valence-electron chi connectivity index (χ1n) is 6.41. The molecule has 5 heteroatoms. The molecule has 0 radical (unpaired) electrons.